The molecule has 104 valence electrons. The number of hydrogen-bond acceptors (Lipinski definition) is 2. The van der Waals surface area contributed by atoms with Crippen LogP contribution >= 0.6 is 11.6 Å². The molecule has 1 aromatic rings. The van der Waals surface area contributed by atoms with Crippen LogP contribution in [0, 0.1) is 5.82 Å². The molecule has 18 heavy (non-hydrogen) atoms. The molecule has 0 saturated carbocycles. The van der Waals surface area contributed by atoms with Gasteiger partial charge in [-0.05, 0) is 12.5 Å². The lowest BCUT2D eigenvalue weighted by Gasteiger charge is -2.10. The molecule has 0 atom stereocenters. The third-order valence-corrected chi connectivity index (χ3v) is 2.33. The number of aryl methyl sites for hydroxylation is 1. The fourth-order valence-corrected chi connectivity index (χ4v) is 1.69. The summed E-state index contributed by atoms with van der Waals surface area (Å²) in [7, 11) is 0. The van der Waals surface area contributed by atoms with Crippen LogP contribution in [-0.4, -0.2) is 17.1 Å². The Hall–Kier alpha value is -0.670. The molecule has 0 amide bonds. The van der Waals surface area contributed by atoms with Gasteiger partial charge in [-0.1, -0.05) is 52.6 Å². The van der Waals surface area contributed by atoms with Gasteiger partial charge in [0.05, 0.1) is 11.2 Å². The first-order valence-corrected chi connectivity index (χ1v) is 6.80. The van der Waals surface area contributed by atoms with Crippen LogP contribution in [0.3, 0.4) is 0 Å². The van der Waals surface area contributed by atoms with Gasteiger partial charge in [0.1, 0.15) is 0 Å². The second-order valence-electron chi connectivity index (χ2n) is 4.82. The first-order chi connectivity index (χ1) is 8.36. The minimum Gasteiger partial charge on any atom is -0.312 e. The lowest BCUT2D eigenvalue weighted by Crippen LogP contribution is -2.29. The van der Waals surface area contributed by atoms with Gasteiger partial charge in [-0.15, -0.1) is 0 Å². The van der Waals surface area contributed by atoms with Gasteiger partial charge >= 0.3 is 0 Å². The number of aromatic nitrogens is 1. The summed E-state index contributed by atoms with van der Waals surface area (Å²) in [6.07, 6.45) is 3.00. The van der Waals surface area contributed by atoms with Crippen LogP contribution in [0.2, 0.25) is 5.02 Å². The molecule has 0 unspecified atom stereocenters. The number of rotatable bonds is 4. The van der Waals surface area contributed by atoms with Crippen molar-refractivity contribution >= 4 is 11.6 Å². The number of nitrogens with zero attached hydrogens (tertiary/aromatic N) is 1. The van der Waals surface area contributed by atoms with E-state index in [-0.39, 0.29) is 5.02 Å². The second kappa shape index (κ2) is 9.29. The van der Waals surface area contributed by atoms with E-state index in [0.717, 1.165) is 24.7 Å². The highest BCUT2D eigenvalue weighted by molar-refractivity contribution is 6.30. The molecule has 0 aliphatic carbocycles. The first-order valence-electron chi connectivity index (χ1n) is 6.42. The zero-order chi connectivity index (χ0) is 14.1. The van der Waals surface area contributed by atoms with Crippen molar-refractivity contribution < 1.29 is 4.39 Å². The van der Waals surface area contributed by atoms with Gasteiger partial charge in [0, 0.05) is 17.8 Å². The number of halogens is 2. The van der Waals surface area contributed by atoms with Crippen molar-refractivity contribution in [1.82, 2.24) is 10.3 Å². The van der Waals surface area contributed by atoms with E-state index in [4.69, 9.17) is 11.6 Å². The maximum absolute atomic E-state index is 12.5. The molecule has 0 bridgehead atoms. The van der Waals surface area contributed by atoms with Gasteiger partial charge in [-0.3, -0.25) is 4.98 Å². The molecule has 0 radical (unpaired) electrons. The van der Waals surface area contributed by atoms with Gasteiger partial charge in [-0.25, -0.2) is 4.39 Å². The zero-order valence-corrected chi connectivity index (χ0v) is 12.7. The molecule has 1 rings (SSSR count). The molecule has 1 aromatic heterocycles. The minimum atomic E-state index is -0.452. The smallest absolute Gasteiger partial charge is 0.160 e. The summed E-state index contributed by atoms with van der Waals surface area (Å²) in [5.74, 6) is -0.452. The van der Waals surface area contributed by atoms with Crippen LogP contribution in [0.25, 0.3) is 0 Å². The average molecular weight is 275 g/mol. The van der Waals surface area contributed by atoms with E-state index in [1.165, 1.54) is 0 Å². The largest absolute Gasteiger partial charge is 0.312 e. The van der Waals surface area contributed by atoms with Crippen molar-refractivity contribution in [3.8, 4) is 0 Å². The molecular formula is C14H24ClFN2. The molecule has 0 spiro atoms. The van der Waals surface area contributed by atoms with Gasteiger partial charge in [0.2, 0.25) is 0 Å². The van der Waals surface area contributed by atoms with Crippen molar-refractivity contribution in [2.45, 2.75) is 59.5 Å². The predicted octanol–water partition coefficient (Wildman–Crippen LogP) is 4.22. The maximum Gasteiger partial charge on any atom is 0.160 e. The SMILES string of the molecule is CC(C)NC(C)C.CCCc1cc(Cl)c(F)cn1. The van der Waals surface area contributed by atoms with Crippen LogP contribution in [0.4, 0.5) is 4.39 Å². The zero-order valence-electron chi connectivity index (χ0n) is 11.9. The third kappa shape index (κ3) is 8.43. The Morgan fingerprint density at radius 2 is 1.83 bits per heavy atom. The molecule has 1 heterocycles. The van der Waals surface area contributed by atoms with Crippen LogP contribution < -0.4 is 5.32 Å². The molecule has 0 saturated heterocycles. The Labute approximate surface area is 115 Å². The normalized spacial score (nSPS) is 10.5. The quantitative estimate of drug-likeness (QED) is 0.889. The van der Waals surface area contributed by atoms with Crippen molar-refractivity contribution in [2.24, 2.45) is 0 Å². The number of hydrogen-bond donors (Lipinski definition) is 1. The molecule has 2 nitrogen and oxygen atoms in total. The summed E-state index contributed by atoms with van der Waals surface area (Å²) >= 11 is 5.53. The fourth-order valence-electron chi connectivity index (χ4n) is 1.51. The van der Waals surface area contributed by atoms with Crippen molar-refractivity contribution in [3.05, 3.63) is 28.8 Å². The van der Waals surface area contributed by atoms with Crippen LogP contribution in [0.5, 0.6) is 0 Å². The summed E-state index contributed by atoms with van der Waals surface area (Å²) in [6.45, 7) is 10.7. The van der Waals surface area contributed by atoms with E-state index in [1.54, 1.807) is 6.07 Å². The van der Waals surface area contributed by atoms with Crippen molar-refractivity contribution in [2.75, 3.05) is 0 Å². The van der Waals surface area contributed by atoms with E-state index in [1.807, 2.05) is 6.92 Å². The molecule has 0 aliphatic heterocycles. The lowest BCUT2D eigenvalue weighted by atomic mass is 10.2. The van der Waals surface area contributed by atoms with E-state index < -0.39 is 5.82 Å². The fraction of sp³-hybridized carbons (Fsp3) is 0.643. The van der Waals surface area contributed by atoms with Gasteiger partial charge in [-0.2, -0.15) is 0 Å². The van der Waals surface area contributed by atoms with Crippen molar-refractivity contribution in [3.63, 3.8) is 0 Å². The summed E-state index contributed by atoms with van der Waals surface area (Å²) in [5.41, 5.74) is 0.846. The minimum absolute atomic E-state index is 0.156. The Kier molecular flexibility index (Phi) is 8.94. The Balaban J connectivity index is 0.000000360. The number of nitrogens with one attached hydrogen (secondary N) is 1. The van der Waals surface area contributed by atoms with Crippen LogP contribution in [-0.2, 0) is 6.42 Å². The van der Waals surface area contributed by atoms with Gasteiger partial charge < -0.3 is 5.32 Å². The van der Waals surface area contributed by atoms with Crippen molar-refractivity contribution in [1.29, 1.82) is 0 Å². The first kappa shape index (κ1) is 17.3. The lowest BCUT2D eigenvalue weighted by molar-refractivity contribution is 0.518. The predicted molar refractivity (Wildman–Crippen MR) is 76.6 cm³/mol. The van der Waals surface area contributed by atoms with E-state index in [0.29, 0.717) is 12.1 Å². The van der Waals surface area contributed by atoms with E-state index >= 15 is 0 Å². The third-order valence-electron chi connectivity index (χ3n) is 2.04. The molecular weight excluding hydrogens is 251 g/mol. The Morgan fingerprint density at radius 3 is 2.17 bits per heavy atom. The molecule has 0 aliphatic rings. The summed E-state index contributed by atoms with van der Waals surface area (Å²) < 4.78 is 12.5. The molecule has 0 fully saturated rings. The van der Waals surface area contributed by atoms with Crippen LogP contribution in [0.1, 0.15) is 46.7 Å². The number of pyridine rings is 1. The van der Waals surface area contributed by atoms with E-state index in [2.05, 4.69) is 38.0 Å². The summed E-state index contributed by atoms with van der Waals surface area (Å²) in [4.78, 5) is 3.87. The maximum atomic E-state index is 12.5. The standard InChI is InChI=1S/C8H9ClFN.C6H15N/c1-2-3-6-4-7(9)8(10)5-11-6;1-5(2)7-6(3)4/h4-5H,2-3H2,1H3;5-7H,1-4H3. The molecule has 4 heteroatoms. The Bertz CT molecular complexity index is 335. The summed E-state index contributed by atoms with van der Waals surface area (Å²) in [5, 5.41) is 3.46. The molecule has 0 aromatic carbocycles. The average Bonchev–Trinajstić information content (AvgIpc) is 2.23. The van der Waals surface area contributed by atoms with Gasteiger partial charge in [0.15, 0.2) is 5.82 Å². The molecule has 1 N–H and O–H groups in total. The highest BCUT2D eigenvalue weighted by Gasteiger charge is 2.00. The van der Waals surface area contributed by atoms with E-state index in [9.17, 15) is 4.39 Å². The topological polar surface area (TPSA) is 24.9 Å². The van der Waals surface area contributed by atoms with Gasteiger partial charge in [0.25, 0.3) is 0 Å². The second-order valence-corrected chi connectivity index (χ2v) is 5.22. The van der Waals surface area contributed by atoms with Crippen LogP contribution in [0.15, 0.2) is 12.3 Å². The highest BCUT2D eigenvalue weighted by Crippen LogP contribution is 2.14. The highest BCUT2D eigenvalue weighted by atomic mass is 35.5. The monoisotopic (exact) mass is 274 g/mol. The Morgan fingerprint density at radius 1 is 1.28 bits per heavy atom. The summed E-state index contributed by atoms with van der Waals surface area (Å²) in [6, 6.07) is 2.82.